The molecule has 3 rings (SSSR count). The van der Waals surface area contributed by atoms with Crippen LogP contribution in [0, 0.1) is 5.82 Å². The van der Waals surface area contributed by atoms with Crippen molar-refractivity contribution in [1.29, 1.82) is 0 Å². The first-order valence-corrected chi connectivity index (χ1v) is 10.2. The molecule has 0 bridgehead atoms. The third-order valence-electron chi connectivity index (χ3n) is 4.40. The number of hydrogen-bond acceptors (Lipinski definition) is 4. The second-order valence-corrected chi connectivity index (χ2v) is 7.60. The fourth-order valence-corrected chi connectivity index (χ4v) is 3.53. The van der Waals surface area contributed by atoms with Crippen LogP contribution in [0.1, 0.15) is 35.0 Å². The third-order valence-corrected chi connectivity index (χ3v) is 5.26. The Balaban J connectivity index is 1.56. The molecule has 3 aromatic rings. The molecule has 0 atom stereocenters. The summed E-state index contributed by atoms with van der Waals surface area (Å²) in [6.45, 7) is 2.36. The van der Waals surface area contributed by atoms with Crippen molar-refractivity contribution in [3.8, 4) is 5.75 Å². The van der Waals surface area contributed by atoms with E-state index in [1.54, 1.807) is 52.6 Å². The van der Waals surface area contributed by atoms with Crippen LogP contribution in [0.5, 0.6) is 5.75 Å². The number of ketones is 1. The Kier molecular flexibility index (Phi) is 7.14. The van der Waals surface area contributed by atoms with E-state index in [-0.39, 0.29) is 17.5 Å². The number of nitrogens with zero attached hydrogens (tertiary/aromatic N) is 1. The summed E-state index contributed by atoms with van der Waals surface area (Å²) in [7, 11) is 0. The first-order chi connectivity index (χ1) is 14.0. The van der Waals surface area contributed by atoms with E-state index in [1.807, 2.05) is 17.5 Å². The minimum Gasteiger partial charge on any atom is -0.494 e. The molecule has 0 aliphatic carbocycles. The summed E-state index contributed by atoms with van der Waals surface area (Å²) in [5.74, 6) is 0.298. The van der Waals surface area contributed by atoms with E-state index < -0.39 is 0 Å². The van der Waals surface area contributed by atoms with Crippen LogP contribution in [-0.4, -0.2) is 18.3 Å². The van der Waals surface area contributed by atoms with Gasteiger partial charge in [0.2, 0.25) is 5.91 Å². The highest BCUT2D eigenvalue weighted by Gasteiger charge is 2.17. The van der Waals surface area contributed by atoms with Gasteiger partial charge in [0.05, 0.1) is 13.2 Å². The number of benzene rings is 2. The van der Waals surface area contributed by atoms with Gasteiger partial charge < -0.3 is 9.64 Å². The molecule has 0 saturated heterocycles. The lowest BCUT2D eigenvalue weighted by atomic mass is 10.1. The van der Waals surface area contributed by atoms with Gasteiger partial charge in [0, 0.05) is 22.5 Å². The van der Waals surface area contributed by atoms with Crippen molar-refractivity contribution in [2.24, 2.45) is 0 Å². The maximum Gasteiger partial charge on any atom is 0.227 e. The van der Waals surface area contributed by atoms with Crippen molar-refractivity contribution in [3.05, 3.63) is 82.3 Å². The summed E-state index contributed by atoms with van der Waals surface area (Å²) in [6.07, 6.45) is 0.865. The number of halogens is 1. The molecule has 0 fully saturated rings. The lowest BCUT2D eigenvalue weighted by molar-refractivity contribution is -0.119. The summed E-state index contributed by atoms with van der Waals surface area (Å²) in [6, 6.07) is 16.8. The molecule has 2 aromatic carbocycles. The fraction of sp³-hybridized carbons (Fsp3) is 0.217. The average Bonchev–Trinajstić information content (AvgIpc) is 3.24. The molecule has 0 unspecified atom stereocenters. The van der Waals surface area contributed by atoms with Crippen molar-refractivity contribution in [2.45, 2.75) is 26.3 Å². The van der Waals surface area contributed by atoms with Crippen molar-refractivity contribution in [3.63, 3.8) is 0 Å². The number of carbonyl (C=O) groups excluding carboxylic acids is 2. The largest absolute Gasteiger partial charge is 0.494 e. The van der Waals surface area contributed by atoms with Crippen LogP contribution in [0.2, 0.25) is 0 Å². The number of carbonyl (C=O) groups is 2. The summed E-state index contributed by atoms with van der Waals surface area (Å²) in [5, 5.41) is 1.97. The molecule has 1 heterocycles. The quantitative estimate of drug-likeness (QED) is 0.346. The van der Waals surface area contributed by atoms with Crippen molar-refractivity contribution in [2.75, 3.05) is 11.5 Å². The molecule has 6 heteroatoms. The average molecular weight is 411 g/mol. The van der Waals surface area contributed by atoms with Gasteiger partial charge in [-0.25, -0.2) is 4.39 Å². The van der Waals surface area contributed by atoms with Gasteiger partial charge in [-0.05, 0) is 73.3 Å². The normalized spacial score (nSPS) is 10.6. The first-order valence-electron chi connectivity index (χ1n) is 9.35. The molecule has 1 amide bonds. The van der Waals surface area contributed by atoms with Gasteiger partial charge in [-0.15, -0.1) is 11.3 Å². The Morgan fingerprint density at radius 3 is 2.38 bits per heavy atom. The second kappa shape index (κ2) is 9.98. The summed E-state index contributed by atoms with van der Waals surface area (Å²) in [5.41, 5.74) is 1.31. The fourth-order valence-electron chi connectivity index (χ4n) is 2.84. The van der Waals surface area contributed by atoms with Crippen LogP contribution >= 0.6 is 11.3 Å². The molecule has 0 N–H and O–H groups in total. The van der Waals surface area contributed by atoms with Crippen LogP contribution in [0.3, 0.4) is 0 Å². The Bertz CT molecular complexity index is 937. The van der Waals surface area contributed by atoms with Gasteiger partial charge in [0.25, 0.3) is 0 Å². The zero-order valence-electron chi connectivity index (χ0n) is 16.1. The highest BCUT2D eigenvalue weighted by molar-refractivity contribution is 7.09. The summed E-state index contributed by atoms with van der Waals surface area (Å²) < 4.78 is 18.9. The standard InChI is InChI=1S/C23H22FNO3S/c1-17(26)18-6-12-21(13-7-18)28-14-2-5-23(27)25(16-22-4-3-15-29-22)20-10-8-19(24)9-11-20/h3-4,6-13,15H,2,5,14,16H2,1H3. The molecular formula is C23H22FNO3S. The Morgan fingerprint density at radius 1 is 1.03 bits per heavy atom. The highest BCUT2D eigenvalue weighted by atomic mass is 32.1. The molecule has 0 saturated carbocycles. The monoisotopic (exact) mass is 411 g/mol. The maximum atomic E-state index is 13.3. The van der Waals surface area contributed by atoms with Crippen LogP contribution in [0.15, 0.2) is 66.0 Å². The molecule has 0 aliphatic heterocycles. The van der Waals surface area contributed by atoms with Crippen molar-refractivity contribution in [1.82, 2.24) is 0 Å². The lowest BCUT2D eigenvalue weighted by Gasteiger charge is -2.22. The minimum atomic E-state index is -0.332. The first kappa shape index (κ1) is 20.7. The zero-order chi connectivity index (χ0) is 20.6. The maximum absolute atomic E-state index is 13.3. The number of ether oxygens (including phenoxy) is 1. The predicted octanol–water partition coefficient (Wildman–Crippen LogP) is 5.48. The van der Waals surface area contributed by atoms with Crippen LogP contribution in [0.4, 0.5) is 10.1 Å². The second-order valence-electron chi connectivity index (χ2n) is 6.57. The van der Waals surface area contributed by atoms with Gasteiger partial charge >= 0.3 is 0 Å². The summed E-state index contributed by atoms with van der Waals surface area (Å²) in [4.78, 5) is 26.9. The summed E-state index contributed by atoms with van der Waals surface area (Å²) >= 11 is 1.58. The van der Waals surface area contributed by atoms with Crippen LogP contribution < -0.4 is 9.64 Å². The van der Waals surface area contributed by atoms with Crippen molar-refractivity contribution < 1.29 is 18.7 Å². The van der Waals surface area contributed by atoms with E-state index in [2.05, 4.69) is 0 Å². The van der Waals surface area contributed by atoms with E-state index in [0.717, 1.165) is 4.88 Å². The number of thiophene rings is 1. The zero-order valence-corrected chi connectivity index (χ0v) is 17.0. The molecule has 1 aromatic heterocycles. The van der Waals surface area contributed by atoms with Gasteiger partial charge in [-0.3, -0.25) is 9.59 Å². The number of anilines is 1. The van der Waals surface area contributed by atoms with Gasteiger partial charge in [-0.1, -0.05) is 6.07 Å². The SMILES string of the molecule is CC(=O)c1ccc(OCCCC(=O)N(Cc2cccs2)c2ccc(F)cc2)cc1. The smallest absolute Gasteiger partial charge is 0.227 e. The van der Waals surface area contributed by atoms with E-state index in [9.17, 15) is 14.0 Å². The number of amides is 1. The molecule has 150 valence electrons. The van der Waals surface area contributed by atoms with Crippen LogP contribution in [0.25, 0.3) is 0 Å². The Morgan fingerprint density at radius 2 is 1.76 bits per heavy atom. The van der Waals surface area contributed by atoms with E-state index in [4.69, 9.17) is 4.74 Å². The van der Waals surface area contributed by atoms with Crippen molar-refractivity contribution >= 4 is 28.7 Å². The Labute approximate surface area is 173 Å². The number of hydrogen-bond donors (Lipinski definition) is 0. The van der Waals surface area contributed by atoms with Crippen LogP contribution in [-0.2, 0) is 11.3 Å². The topological polar surface area (TPSA) is 46.6 Å². The molecule has 29 heavy (non-hydrogen) atoms. The van der Waals surface area contributed by atoms with E-state index >= 15 is 0 Å². The molecule has 0 aliphatic rings. The van der Waals surface area contributed by atoms with Gasteiger partial charge in [0.1, 0.15) is 11.6 Å². The predicted molar refractivity (Wildman–Crippen MR) is 113 cm³/mol. The minimum absolute atomic E-state index is 0.00812. The molecule has 4 nitrogen and oxygen atoms in total. The molecule has 0 spiro atoms. The number of rotatable bonds is 9. The van der Waals surface area contributed by atoms with E-state index in [1.165, 1.54) is 19.1 Å². The molecule has 0 radical (unpaired) electrons. The third kappa shape index (κ3) is 5.99. The Hall–Kier alpha value is -2.99. The molecular weight excluding hydrogens is 389 g/mol. The highest BCUT2D eigenvalue weighted by Crippen LogP contribution is 2.22. The number of Topliss-reactive ketones (excluding diaryl/α,β-unsaturated/α-hetero) is 1. The lowest BCUT2D eigenvalue weighted by Crippen LogP contribution is -2.30. The van der Waals surface area contributed by atoms with E-state index in [0.29, 0.717) is 43.0 Å². The van der Waals surface area contributed by atoms with Gasteiger partial charge in [-0.2, -0.15) is 0 Å². The van der Waals surface area contributed by atoms with Gasteiger partial charge in [0.15, 0.2) is 5.78 Å².